The molecule has 0 unspecified atom stereocenters. The predicted octanol–water partition coefficient (Wildman–Crippen LogP) is 3.15. The molecule has 0 bridgehead atoms. The second kappa shape index (κ2) is 17.2. The third-order valence-corrected chi connectivity index (χ3v) is 7.30. The van der Waals surface area contributed by atoms with Crippen molar-refractivity contribution in [2.75, 3.05) is 26.8 Å². The molecule has 2 N–H and O–H groups in total. The van der Waals surface area contributed by atoms with Crippen LogP contribution in [0.1, 0.15) is 23.0 Å². The molecule has 2 saturated heterocycles. The van der Waals surface area contributed by atoms with Crippen LogP contribution in [0, 0.1) is 0 Å². The molecule has 2 heterocycles. The number of hydrogen-bond acceptors (Lipinski definition) is 12. The highest BCUT2D eigenvalue weighted by Gasteiger charge is 2.54. The Hall–Kier alpha value is -5.02. The highest BCUT2D eigenvalue weighted by atomic mass is 16.8. The normalized spacial score (nSPS) is 23.1. The van der Waals surface area contributed by atoms with Crippen molar-refractivity contribution in [1.82, 2.24) is 10.6 Å². The van der Waals surface area contributed by atoms with E-state index in [2.05, 4.69) is 10.6 Å². The molecule has 5 rings (SSSR count). The first kappa shape index (κ1) is 34.3. The molecule has 6 atom stereocenters. The lowest BCUT2D eigenvalue weighted by Crippen LogP contribution is -2.64. The van der Waals surface area contributed by atoms with Gasteiger partial charge in [-0.15, -0.1) is 0 Å². The maximum absolute atomic E-state index is 13.1. The first-order valence-electron chi connectivity index (χ1n) is 15.2. The molecule has 3 aromatic carbocycles. The summed E-state index contributed by atoms with van der Waals surface area (Å²) in [6, 6.07) is 27.1. The number of benzene rings is 3. The summed E-state index contributed by atoms with van der Waals surface area (Å²) in [5.74, 6) is -1.77. The third kappa shape index (κ3) is 9.75. The minimum atomic E-state index is -1.34. The molecule has 2 fully saturated rings. The van der Waals surface area contributed by atoms with Gasteiger partial charge in [0.15, 0.2) is 24.8 Å². The van der Waals surface area contributed by atoms with Crippen molar-refractivity contribution in [2.24, 2.45) is 0 Å². The number of carbonyl (C=O) groups is 4. The van der Waals surface area contributed by atoms with Gasteiger partial charge >= 0.3 is 24.1 Å². The number of methoxy groups -OCH3 is 1. The quantitative estimate of drug-likeness (QED) is 0.215. The standard InChI is InChI=1S/C34H36N2O12/c1-41-32-30(47-27(38)18-36-34(40)44-20-23-13-7-3-8-14-23)29(28-25(45-32)21-42-31(48-28)24-15-9-4-10-16-24)46-26(37)17-35-33(39)43-19-22-11-5-2-6-12-22/h2-16,25,28-32H,17-21H2,1H3,(H,35,39)(H,36,40)/t25-,28+,29+,30+,31-,32+/m0/s1. The highest BCUT2D eigenvalue weighted by molar-refractivity contribution is 5.79. The summed E-state index contributed by atoms with van der Waals surface area (Å²) in [5, 5.41) is 4.69. The lowest BCUT2D eigenvalue weighted by atomic mass is 9.97. The fourth-order valence-corrected chi connectivity index (χ4v) is 5.00. The van der Waals surface area contributed by atoms with Crippen LogP contribution >= 0.6 is 0 Å². The topological polar surface area (TPSA) is 166 Å². The van der Waals surface area contributed by atoms with Crippen molar-refractivity contribution in [1.29, 1.82) is 0 Å². The van der Waals surface area contributed by atoms with E-state index in [1.807, 2.05) is 30.3 Å². The molecule has 2 aliphatic heterocycles. The zero-order chi connectivity index (χ0) is 33.7. The SMILES string of the molecule is CO[C@@H]1O[C@H]2CO[C@H](c3ccccc3)O[C@H]2[C@@H](OC(=O)CNC(=O)OCc2ccccc2)[C@H]1OC(=O)CNC(=O)OCc1ccccc1. The van der Waals surface area contributed by atoms with Crippen LogP contribution < -0.4 is 10.6 Å². The Balaban J connectivity index is 1.23. The summed E-state index contributed by atoms with van der Waals surface area (Å²) in [4.78, 5) is 50.5. The number of rotatable bonds is 12. The van der Waals surface area contributed by atoms with Gasteiger partial charge in [-0.05, 0) is 11.1 Å². The fraction of sp³-hybridized carbons (Fsp3) is 0.353. The number of ether oxygens (including phenoxy) is 8. The van der Waals surface area contributed by atoms with Gasteiger partial charge in [0.2, 0.25) is 0 Å². The van der Waals surface area contributed by atoms with Gasteiger partial charge in [-0.1, -0.05) is 91.0 Å². The third-order valence-electron chi connectivity index (χ3n) is 7.30. The van der Waals surface area contributed by atoms with E-state index < -0.39 is 74.2 Å². The van der Waals surface area contributed by atoms with Gasteiger partial charge in [-0.2, -0.15) is 0 Å². The van der Waals surface area contributed by atoms with Crippen LogP contribution in [0.3, 0.4) is 0 Å². The largest absolute Gasteiger partial charge is 0.454 e. The van der Waals surface area contributed by atoms with E-state index in [4.69, 9.17) is 37.9 Å². The van der Waals surface area contributed by atoms with E-state index in [1.54, 1.807) is 60.7 Å². The van der Waals surface area contributed by atoms with Crippen molar-refractivity contribution in [3.05, 3.63) is 108 Å². The Labute approximate surface area is 276 Å². The first-order chi connectivity index (χ1) is 23.4. The van der Waals surface area contributed by atoms with Crippen LogP contribution in [0.25, 0.3) is 0 Å². The molecule has 14 nitrogen and oxygen atoms in total. The molecule has 0 aromatic heterocycles. The average molecular weight is 665 g/mol. The smallest absolute Gasteiger partial charge is 0.407 e. The second-order valence-electron chi connectivity index (χ2n) is 10.7. The number of alkyl carbamates (subject to hydrolysis) is 2. The molecule has 14 heteroatoms. The van der Waals surface area contributed by atoms with Crippen LogP contribution in [0.4, 0.5) is 9.59 Å². The van der Waals surface area contributed by atoms with Crippen LogP contribution in [0.5, 0.6) is 0 Å². The zero-order valence-corrected chi connectivity index (χ0v) is 26.1. The summed E-state index contributed by atoms with van der Waals surface area (Å²) < 4.78 is 45.3. The Morgan fingerprint density at radius 3 is 1.71 bits per heavy atom. The lowest BCUT2D eigenvalue weighted by molar-refractivity contribution is -0.359. The summed E-state index contributed by atoms with van der Waals surface area (Å²) in [7, 11) is 1.32. The number of esters is 2. The molecule has 3 aromatic rings. The van der Waals surface area contributed by atoms with E-state index in [0.717, 1.165) is 11.1 Å². The number of hydrogen-bond donors (Lipinski definition) is 2. The van der Waals surface area contributed by atoms with Crippen LogP contribution in [0.2, 0.25) is 0 Å². The molecule has 0 spiro atoms. The van der Waals surface area contributed by atoms with Gasteiger partial charge in [-0.3, -0.25) is 9.59 Å². The molecule has 48 heavy (non-hydrogen) atoms. The maximum atomic E-state index is 13.1. The molecular weight excluding hydrogens is 628 g/mol. The molecule has 0 aliphatic carbocycles. The van der Waals surface area contributed by atoms with Gasteiger partial charge in [0.25, 0.3) is 0 Å². The van der Waals surface area contributed by atoms with Gasteiger partial charge in [0, 0.05) is 12.7 Å². The molecular formula is C34H36N2O12. The Morgan fingerprint density at radius 2 is 1.19 bits per heavy atom. The number of nitrogens with one attached hydrogen (secondary N) is 2. The zero-order valence-electron chi connectivity index (χ0n) is 26.1. The number of carbonyl (C=O) groups excluding carboxylic acids is 4. The minimum absolute atomic E-state index is 0.000847. The van der Waals surface area contributed by atoms with E-state index in [0.29, 0.717) is 5.56 Å². The molecule has 2 aliphatic rings. The van der Waals surface area contributed by atoms with E-state index in [1.165, 1.54) is 7.11 Å². The van der Waals surface area contributed by atoms with Crippen molar-refractivity contribution in [2.45, 2.75) is 50.2 Å². The maximum Gasteiger partial charge on any atom is 0.407 e. The second-order valence-corrected chi connectivity index (χ2v) is 10.7. The van der Waals surface area contributed by atoms with E-state index >= 15 is 0 Å². The Bertz CT molecular complexity index is 1490. The monoisotopic (exact) mass is 664 g/mol. The summed E-state index contributed by atoms with van der Waals surface area (Å²) in [5.41, 5.74) is 2.23. The van der Waals surface area contributed by atoms with E-state index in [9.17, 15) is 19.2 Å². The minimum Gasteiger partial charge on any atom is -0.454 e. The van der Waals surface area contributed by atoms with E-state index in [-0.39, 0.29) is 19.8 Å². The lowest BCUT2D eigenvalue weighted by Gasteiger charge is -2.47. The van der Waals surface area contributed by atoms with Gasteiger partial charge in [0.05, 0.1) is 6.61 Å². The van der Waals surface area contributed by atoms with Gasteiger partial charge in [0.1, 0.15) is 38.5 Å². The summed E-state index contributed by atoms with van der Waals surface area (Å²) >= 11 is 0. The first-order valence-corrected chi connectivity index (χ1v) is 15.2. The molecule has 0 saturated carbocycles. The number of fused-ring (bicyclic) bond motifs is 1. The average Bonchev–Trinajstić information content (AvgIpc) is 3.13. The van der Waals surface area contributed by atoms with Crippen molar-refractivity contribution in [3.63, 3.8) is 0 Å². The Kier molecular flexibility index (Phi) is 12.3. The fourth-order valence-electron chi connectivity index (χ4n) is 5.00. The van der Waals surface area contributed by atoms with Crippen molar-refractivity contribution < 1.29 is 57.1 Å². The van der Waals surface area contributed by atoms with Gasteiger partial charge in [-0.25, -0.2) is 9.59 Å². The summed E-state index contributed by atoms with van der Waals surface area (Å²) in [6.45, 7) is -1.09. The molecule has 0 radical (unpaired) electrons. The van der Waals surface area contributed by atoms with Gasteiger partial charge < -0.3 is 48.5 Å². The highest BCUT2D eigenvalue weighted by Crippen LogP contribution is 2.36. The van der Waals surface area contributed by atoms with Crippen molar-refractivity contribution in [3.8, 4) is 0 Å². The van der Waals surface area contributed by atoms with Crippen LogP contribution in [0.15, 0.2) is 91.0 Å². The molecule has 254 valence electrons. The molecule has 2 amide bonds. The number of amides is 2. The predicted molar refractivity (Wildman–Crippen MR) is 165 cm³/mol. The van der Waals surface area contributed by atoms with Crippen LogP contribution in [-0.4, -0.2) is 81.6 Å². The van der Waals surface area contributed by atoms with Crippen LogP contribution in [-0.2, 0) is 60.7 Å². The Morgan fingerprint density at radius 1 is 0.688 bits per heavy atom. The summed E-state index contributed by atoms with van der Waals surface area (Å²) in [6.07, 6.45) is -8.10. The van der Waals surface area contributed by atoms with Crippen molar-refractivity contribution >= 4 is 24.1 Å².